The number of rotatable bonds is 7. The van der Waals surface area contributed by atoms with Crippen LogP contribution in [0.4, 0.5) is 0 Å². The first-order chi connectivity index (χ1) is 14.1. The van der Waals surface area contributed by atoms with Gasteiger partial charge in [-0.3, -0.25) is 14.7 Å². The number of nitrogens with one attached hydrogen (secondary N) is 1. The van der Waals surface area contributed by atoms with Crippen LogP contribution in [0, 0.1) is 0 Å². The highest BCUT2D eigenvalue weighted by atomic mass is 127. The van der Waals surface area contributed by atoms with Crippen LogP contribution in [0.25, 0.3) is 0 Å². The van der Waals surface area contributed by atoms with Gasteiger partial charge in [0.15, 0.2) is 11.7 Å². The van der Waals surface area contributed by atoms with Crippen molar-refractivity contribution in [3.8, 4) is 0 Å². The number of carbonyl (C=O) groups is 1. The van der Waals surface area contributed by atoms with E-state index >= 15 is 0 Å². The maximum atomic E-state index is 12.4. The summed E-state index contributed by atoms with van der Waals surface area (Å²) in [5.74, 6) is 2.44. The Morgan fingerprint density at radius 2 is 1.80 bits per heavy atom. The van der Waals surface area contributed by atoms with Crippen LogP contribution in [0.2, 0.25) is 0 Å². The average molecular weight is 532 g/mol. The highest BCUT2D eigenvalue weighted by Gasteiger charge is 2.24. The van der Waals surface area contributed by atoms with E-state index in [-0.39, 0.29) is 29.9 Å². The Morgan fingerprint density at radius 1 is 1.13 bits per heavy atom. The number of carbonyl (C=O) groups excluding carboxylic acids is 1. The van der Waals surface area contributed by atoms with Crippen molar-refractivity contribution in [2.24, 2.45) is 4.99 Å². The molecule has 3 rings (SSSR count). The third-order valence-corrected chi connectivity index (χ3v) is 6.10. The lowest BCUT2D eigenvalue weighted by atomic mass is 9.99. The van der Waals surface area contributed by atoms with Crippen LogP contribution in [0.15, 0.2) is 15.6 Å². The van der Waals surface area contributed by atoms with Crippen molar-refractivity contribution >= 4 is 35.8 Å². The van der Waals surface area contributed by atoms with Gasteiger partial charge in [-0.15, -0.1) is 24.0 Å². The molecule has 2 fully saturated rings. The van der Waals surface area contributed by atoms with Crippen molar-refractivity contribution in [2.75, 3.05) is 52.9 Å². The highest BCUT2D eigenvalue weighted by Crippen LogP contribution is 2.22. The molecule has 0 bridgehead atoms. The molecule has 0 aliphatic carbocycles. The van der Waals surface area contributed by atoms with Crippen LogP contribution >= 0.6 is 24.0 Å². The lowest BCUT2D eigenvalue weighted by Crippen LogP contribution is -2.54. The van der Waals surface area contributed by atoms with Gasteiger partial charge >= 0.3 is 0 Å². The molecule has 9 heteroatoms. The number of guanidine groups is 1. The second-order valence-electron chi connectivity index (χ2n) is 7.98. The van der Waals surface area contributed by atoms with Crippen LogP contribution in [-0.4, -0.2) is 84.6 Å². The summed E-state index contributed by atoms with van der Waals surface area (Å²) in [5, 5.41) is 7.63. The minimum Gasteiger partial charge on any atom is -0.359 e. The topological polar surface area (TPSA) is 77.2 Å². The zero-order chi connectivity index (χ0) is 20.6. The summed E-state index contributed by atoms with van der Waals surface area (Å²) >= 11 is 0. The SMILES string of the molecule is CCC(CC)c1cc(CNC(=NC)N2CCN(CC(=O)N3CCCC3)CC2)on1.I. The fourth-order valence-electron chi connectivity index (χ4n) is 4.19. The van der Waals surface area contributed by atoms with E-state index in [0.717, 1.165) is 82.4 Å². The molecular weight excluding hydrogens is 495 g/mol. The first-order valence-electron chi connectivity index (χ1n) is 11.1. The maximum absolute atomic E-state index is 12.4. The molecule has 1 aromatic heterocycles. The van der Waals surface area contributed by atoms with Gasteiger partial charge in [0.2, 0.25) is 5.91 Å². The fourth-order valence-corrected chi connectivity index (χ4v) is 4.19. The largest absolute Gasteiger partial charge is 0.359 e. The summed E-state index contributed by atoms with van der Waals surface area (Å²) in [6.07, 6.45) is 4.43. The minimum atomic E-state index is 0. The Balaban J connectivity index is 0.00000320. The monoisotopic (exact) mass is 532 g/mol. The van der Waals surface area contributed by atoms with Crippen molar-refractivity contribution < 1.29 is 9.32 Å². The third kappa shape index (κ3) is 6.57. The Bertz CT molecular complexity index is 677. The Labute approximate surface area is 197 Å². The molecule has 0 atom stereocenters. The molecule has 0 unspecified atom stereocenters. The zero-order valence-corrected chi connectivity index (χ0v) is 20.9. The van der Waals surface area contributed by atoms with E-state index in [0.29, 0.717) is 19.0 Å². The first-order valence-corrected chi connectivity index (χ1v) is 11.1. The third-order valence-electron chi connectivity index (χ3n) is 6.10. The van der Waals surface area contributed by atoms with Crippen molar-refractivity contribution in [2.45, 2.75) is 52.0 Å². The van der Waals surface area contributed by atoms with E-state index in [1.165, 1.54) is 0 Å². The normalized spacial score (nSPS) is 18.1. The Morgan fingerprint density at radius 3 is 2.40 bits per heavy atom. The van der Waals surface area contributed by atoms with Gasteiger partial charge < -0.3 is 19.6 Å². The molecule has 0 radical (unpaired) electrons. The Kier molecular flexibility index (Phi) is 10.4. The number of hydrogen-bond donors (Lipinski definition) is 1. The molecular formula is C21H37IN6O2. The zero-order valence-electron chi connectivity index (χ0n) is 18.6. The van der Waals surface area contributed by atoms with Gasteiger partial charge in [0.25, 0.3) is 0 Å². The first kappa shape index (κ1) is 24.9. The summed E-state index contributed by atoms with van der Waals surface area (Å²) in [5.41, 5.74) is 1.04. The summed E-state index contributed by atoms with van der Waals surface area (Å²) in [6.45, 7) is 10.8. The van der Waals surface area contributed by atoms with Gasteiger partial charge in [-0.05, 0) is 25.7 Å². The molecule has 2 aliphatic heterocycles. The van der Waals surface area contributed by atoms with E-state index in [4.69, 9.17) is 4.52 Å². The lowest BCUT2D eigenvalue weighted by Gasteiger charge is -2.36. The van der Waals surface area contributed by atoms with E-state index in [9.17, 15) is 4.79 Å². The molecule has 0 spiro atoms. The second kappa shape index (κ2) is 12.5. The van der Waals surface area contributed by atoms with E-state index in [1.54, 1.807) is 0 Å². The van der Waals surface area contributed by atoms with Gasteiger partial charge in [0.05, 0.1) is 18.8 Å². The smallest absolute Gasteiger partial charge is 0.236 e. The molecule has 1 aromatic rings. The summed E-state index contributed by atoms with van der Waals surface area (Å²) in [4.78, 5) is 23.3. The van der Waals surface area contributed by atoms with Gasteiger partial charge in [-0.2, -0.15) is 0 Å². The van der Waals surface area contributed by atoms with Gasteiger partial charge in [0.1, 0.15) is 0 Å². The number of amides is 1. The standard InChI is InChI=1S/C21H36N6O2.HI/c1-4-17(5-2)19-14-18(29-24-19)15-23-21(22-3)27-12-10-25(11-13-27)16-20(28)26-8-6-7-9-26;/h14,17H,4-13,15-16H2,1-3H3,(H,22,23);1H. The number of halogens is 1. The molecule has 0 saturated carbocycles. The quantitative estimate of drug-likeness (QED) is 0.331. The van der Waals surface area contributed by atoms with Gasteiger partial charge in [-0.25, -0.2) is 0 Å². The molecule has 1 amide bonds. The van der Waals surface area contributed by atoms with Crippen LogP contribution < -0.4 is 5.32 Å². The van der Waals surface area contributed by atoms with Crippen LogP contribution in [0.3, 0.4) is 0 Å². The summed E-state index contributed by atoms with van der Waals surface area (Å²) in [7, 11) is 1.81. The predicted octanol–water partition coefficient (Wildman–Crippen LogP) is 2.51. The molecule has 3 heterocycles. The molecule has 0 aromatic carbocycles. The van der Waals surface area contributed by atoms with Crippen molar-refractivity contribution in [3.05, 3.63) is 17.5 Å². The number of aliphatic imine (C=N–C) groups is 1. The molecule has 30 heavy (non-hydrogen) atoms. The molecule has 170 valence electrons. The van der Waals surface area contributed by atoms with Crippen LogP contribution in [-0.2, 0) is 11.3 Å². The van der Waals surface area contributed by atoms with Crippen molar-refractivity contribution in [1.29, 1.82) is 0 Å². The number of piperazine rings is 1. The maximum Gasteiger partial charge on any atom is 0.236 e. The van der Waals surface area contributed by atoms with E-state index < -0.39 is 0 Å². The van der Waals surface area contributed by atoms with Crippen molar-refractivity contribution in [1.82, 2.24) is 25.2 Å². The Hall–Kier alpha value is -1.36. The predicted molar refractivity (Wildman–Crippen MR) is 129 cm³/mol. The number of likely N-dealkylation sites (tertiary alicyclic amines) is 1. The van der Waals surface area contributed by atoms with Gasteiger partial charge in [0, 0.05) is 58.3 Å². The van der Waals surface area contributed by atoms with E-state index in [1.807, 2.05) is 11.9 Å². The minimum absolute atomic E-state index is 0. The number of hydrogen-bond acceptors (Lipinski definition) is 5. The molecule has 1 N–H and O–H groups in total. The summed E-state index contributed by atoms with van der Waals surface area (Å²) < 4.78 is 5.50. The molecule has 8 nitrogen and oxygen atoms in total. The summed E-state index contributed by atoms with van der Waals surface area (Å²) in [6, 6.07) is 2.06. The lowest BCUT2D eigenvalue weighted by molar-refractivity contribution is -0.131. The molecule has 2 aliphatic rings. The number of nitrogens with zero attached hydrogens (tertiary/aromatic N) is 5. The van der Waals surface area contributed by atoms with Crippen LogP contribution in [0.5, 0.6) is 0 Å². The highest BCUT2D eigenvalue weighted by molar-refractivity contribution is 14.0. The molecule has 2 saturated heterocycles. The fraction of sp³-hybridized carbons (Fsp3) is 0.762. The van der Waals surface area contributed by atoms with E-state index in [2.05, 4.69) is 45.2 Å². The second-order valence-corrected chi connectivity index (χ2v) is 7.98. The average Bonchev–Trinajstić information content (AvgIpc) is 3.43. The number of aromatic nitrogens is 1. The van der Waals surface area contributed by atoms with Crippen molar-refractivity contribution in [3.63, 3.8) is 0 Å². The van der Waals surface area contributed by atoms with Crippen LogP contribution in [0.1, 0.15) is 56.9 Å². The van der Waals surface area contributed by atoms with Gasteiger partial charge in [-0.1, -0.05) is 19.0 Å².